The van der Waals surface area contributed by atoms with Crippen LogP contribution in [0.1, 0.15) is 16.7 Å². The quantitative estimate of drug-likeness (QED) is 0.498. The van der Waals surface area contributed by atoms with Crippen molar-refractivity contribution in [3.63, 3.8) is 0 Å². The molecule has 0 aromatic heterocycles. The Labute approximate surface area is 190 Å². The average molecular weight is 449 g/mol. The van der Waals surface area contributed by atoms with E-state index in [-0.39, 0.29) is 18.3 Å². The van der Waals surface area contributed by atoms with Gasteiger partial charge in [-0.25, -0.2) is 9.38 Å². The second kappa shape index (κ2) is 9.70. The number of hydrogen-bond acceptors (Lipinski definition) is 5. The molecule has 0 saturated carbocycles. The minimum Gasteiger partial charge on any atom is -0.493 e. The van der Waals surface area contributed by atoms with Crippen molar-refractivity contribution in [3.05, 3.63) is 94.1 Å². The van der Waals surface area contributed by atoms with Gasteiger partial charge in [-0.15, -0.1) is 0 Å². The number of carbonyl (C=O) groups excluding carboxylic acids is 1. The summed E-state index contributed by atoms with van der Waals surface area (Å²) in [5.41, 5.74) is 3.15. The molecule has 1 saturated heterocycles. The van der Waals surface area contributed by atoms with Crippen molar-refractivity contribution >= 4 is 34.6 Å². The number of hydrogen-bond donors (Lipinski definition) is 1. The lowest BCUT2D eigenvalue weighted by atomic mass is 10.2. The molecule has 0 bridgehead atoms. The van der Waals surface area contributed by atoms with E-state index in [4.69, 9.17) is 9.47 Å². The van der Waals surface area contributed by atoms with E-state index in [0.717, 1.165) is 16.8 Å². The smallest absolute Gasteiger partial charge is 0.264 e. The van der Waals surface area contributed by atoms with E-state index in [0.29, 0.717) is 27.1 Å². The maximum atomic E-state index is 13.8. The Hall–Kier alpha value is -3.58. The highest BCUT2D eigenvalue weighted by atomic mass is 32.2. The molecule has 1 heterocycles. The number of aryl methyl sites for hydroxylation is 1. The van der Waals surface area contributed by atoms with Crippen molar-refractivity contribution in [2.45, 2.75) is 13.5 Å². The molecular formula is C25H21FN2O3S. The number of amidine groups is 1. The van der Waals surface area contributed by atoms with Gasteiger partial charge in [0.05, 0.1) is 17.7 Å². The van der Waals surface area contributed by atoms with Crippen molar-refractivity contribution in [2.75, 3.05) is 7.11 Å². The monoisotopic (exact) mass is 448 g/mol. The number of ether oxygens (including phenoxy) is 2. The van der Waals surface area contributed by atoms with Crippen LogP contribution in [0.15, 0.2) is 76.6 Å². The molecule has 7 heteroatoms. The average Bonchev–Trinajstić information content (AvgIpc) is 3.13. The molecule has 3 aromatic carbocycles. The predicted octanol–water partition coefficient (Wildman–Crippen LogP) is 5.61. The van der Waals surface area contributed by atoms with Gasteiger partial charge in [-0.1, -0.05) is 42.0 Å². The highest BCUT2D eigenvalue weighted by Crippen LogP contribution is 2.32. The second-order valence-electron chi connectivity index (χ2n) is 7.11. The van der Waals surface area contributed by atoms with Crippen LogP contribution in [0.25, 0.3) is 6.08 Å². The zero-order valence-corrected chi connectivity index (χ0v) is 18.4. The van der Waals surface area contributed by atoms with Gasteiger partial charge < -0.3 is 14.8 Å². The van der Waals surface area contributed by atoms with Gasteiger partial charge >= 0.3 is 0 Å². The number of amides is 1. The van der Waals surface area contributed by atoms with Crippen LogP contribution in [0.4, 0.5) is 10.1 Å². The Morgan fingerprint density at radius 2 is 1.84 bits per heavy atom. The van der Waals surface area contributed by atoms with Gasteiger partial charge in [0.2, 0.25) is 0 Å². The molecule has 0 aliphatic carbocycles. The summed E-state index contributed by atoms with van der Waals surface area (Å²) in [5.74, 6) is 0.454. The summed E-state index contributed by atoms with van der Waals surface area (Å²) in [6, 6.07) is 19.5. The van der Waals surface area contributed by atoms with Crippen LogP contribution in [-0.2, 0) is 11.4 Å². The van der Waals surface area contributed by atoms with Crippen LogP contribution in [0.3, 0.4) is 0 Å². The fourth-order valence-corrected chi connectivity index (χ4v) is 3.87. The second-order valence-corrected chi connectivity index (χ2v) is 8.14. The first-order chi connectivity index (χ1) is 15.5. The van der Waals surface area contributed by atoms with Gasteiger partial charge in [-0.3, -0.25) is 4.79 Å². The van der Waals surface area contributed by atoms with Gasteiger partial charge in [-0.2, -0.15) is 0 Å². The highest BCUT2D eigenvalue weighted by molar-refractivity contribution is 8.18. The molecular weight excluding hydrogens is 427 g/mol. The lowest BCUT2D eigenvalue weighted by molar-refractivity contribution is -0.115. The van der Waals surface area contributed by atoms with Crippen molar-refractivity contribution in [3.8, 4) is 11.5 Å². The van der Waals surface area contributed by atoms with E-state index in [1.54, 1.807) is 36.4 Å². The van der Waals surface area contributed by atoms with Gasteiger partial charge in [0.25, 0.3) is 5.91 Å². The van der Waals surface area contributed by atoms with E-state index in [1.807, 2.05) is 37.3 Å². The maximum Gasteiger partial charge on any atom is 0.264 e. The number of carbonyl (C=O) groups is 1. The van der Waals surface area contributed by atoms with E-state index in [2.05, 4.69) is 10.3 Å². The molecule has 0 radical (unpaired) electrons. The van der Waals surface area contributed by atoms with Crippen LogP contribution < -0.4 is 14.8 Å². The SMILES string of the molecule is COc1cc(/C=C2\SC(=Nc3ccc(C)cc3)NC2=O)ccc1OCc1ccccc1F. The Kier molecular flexibility index (Phi) is 6.56. The number of aliphatic imine (C=N–C) groups is 1. The molecule has 1 aliphatic rings. The molecule has 1 fully saturated rings. The molecule has 32 heavy (non-hydrogen) atoms. The summed E-state index contributed by atoms with van der Waals surface area (Å²) < 4.78 is 25.0. The summed E-state index contributed by atoms with van der Waals surface area (Å²) in [5, 5.41) is 3.31. The van der Waals surface area contributed by atoms with E-state index in [9.17, 15) is 9.18 Å². The van der Waals surface area contributed by atoms with Crippen LogP contribution >= 0.6 is 11.8 Å². The van der Waals surface area contributed by atoms with Gasteiger partial charge in [-0.05, 0) is 60.7 Å². The van der Waals surface area contributed by atoms with Crippen molar-refractivity contribution < 1.29 is 18.7 Å². The number of halogens is 1. The Morgan fingerprint density at radius 3 is 2.59 bits per heavy atom. The third-order valence-corrected chi connectivity index (χ3v) is 5.65. The first-order valence-corrected chi connectivity index (χ1v) is 10.7. The lowest BCUT2D eigenvalue weighted by Gasteiger charge is -2.12. The maximum absolute atomic E-state index is 13.8. The predicted molar refractivity (Wildman–Crippen MR) is 126 cm³/mol. The van der Waals surface area contributed by atoms with Crippen molar-refractivity contribution in [1.82, 2.24) is 5.32 Å². The molecule has 162 valence electrons. The fraction of sp³-hybridized carbons (Fsp3) is 0.120. The summed E-state index contributed by atoms with van der Waals surface area (Å²) in [6.07, 6.45) is 1.76. The number of methoxy groups -OCH3 is 1. The third-order valence-electron chi connectivity index (χ3n) is 4.74. The summed E-state index contributed by atoms with van der Waals surface area (Å²) in [6.45, 7) is 2.09. The van der Waals surface area contributed by atoms with Crippen LogP contribution in [-0.4, -0.2) is 18.2 Å². The van der Waals surface area contributed by atoms with E-state index < -0.39 is 0 Å². The molecule has 3 aromatic rings. The Morgan fingerprint density at radius 1 is 1.06 bits per heavy atom. The summed E-state index contributed by atoms with van der Waals surface area (Å²) in [4.78, 5) is 17.4. The van der Waals surface area contributed by atoms with Gasteiger partial charge in [0.1, 0.15) is 12.4 Å². The Bertz CT molecular complexity index is 1210. The minimum atomic E-state index is -0.319. The number of thioether (sulfide) groups is 1. The standard InChI is InChI=1S/C25H21FN2O3S/c1-16-7-10-19(11-8-16)27-25-28-24(29)23(32-25)14-17-9-12-21(22(13-17)30-2)31-15-18-5-3-4-6-20(18)26/h3-14H,15H2,1-2H3,(H,27,28,29)/b23-14-. The third kappa shape index (κ3) is 5.18. The van der Waals surface area contributed by atoms with Crippen LogP contribution in [0.2, 0.25) is 0 Å². The first-order valence-electron chi connectivity index (χ1n) is 9.92. The molecule has 1 aliphatic heterocycles. The molecule has 1 N–H and O–H groups in total. The fourth-order valence-electron chi connectivity index (χ4n) is 3.03. The molecule has 0 atom stereocenters. The number of nitrogens with one attached hydrogen (secondary N) is 1. The molecule has 4 rings (SSSR count). The summed E-state index contributed by atoms with van der Waals surface area (Å²) >= 11 is 1.28. The van der Waals surface area contributed by atoms with Gasteiger partial charge in [0.15, 0.2) is 16.7 Å². The van der Waals surface area contributed by atoms with E-state index >= 15 is 0 Å². The molecule has 0 spiro atoms. The first kappa shape index (κ1) is 21.6. The Balaban J connectivity index is 1.49. The van der Waals surface area contributed by atoms with E-state index in [1.165, 1.54) is 24.9 Å². The molecule has 0 unspecified atom stereocenters. The van der Waals surface area contributed by atoms with Gasteiger partial charge in [0, 0.05) is 5.56 Å². The van der Waals surface area contributed by atoms with Crippen molar-refractivity contribution in [1.29, 1.82) is 0 Å². The minimum absolute atomic E-state index is 0.0839. The zero-order chi connectivity index (χ0) is 22.5. The number of nitrogens with zero attached hydrogens (tertiary/aromatic N) is 1. The van der Waals surface area contributed by atoms with Crippen LogP contribution in [0, 0.1) is 12.7 Å². The normalized spacial score (nSPS) is 15.8. The van der Waals surface area contributed by atoms with Crippen LogP contribution in [0.5, 0.6) is 11.5 Å². The number of benzene rings is 3. The molecule has 5 nitrogen and oxygen atoms in total. The topological polar surface area (TPSA) is 59.9 Å². The highest BCUT2D eigenvalue weighted by Gasteiger charge is 2.24. The zero-order valence-electron chi connectivity index (χ0n) is 17.6. The largest absolute Gasteiger partial charge is 0.493 e. The summed E-state index contributed by atoms with van der Waals surface area (Å²) in [7, 11) is 1.53. The number of rotatable bonds is 6. The molecule has 1 amide bonds. The van der Waals surface area contributed by atoms with Crippen molar-refractivity contribution in [2.24, 2.45) is 4.99 Å². The lowest BCUT2D eigenvalue weighted by Crippen LogP contribution is -2.19.